The van der Waals surface area contributed by atoms with Gasteiger partial charge in [0.15, 0.2) is 11.6 Å². The monoisotopic (exact) mass is 285 g/mol. The number of carbonyl (C=O) groups excluding carboxylic acids is 1. The van der Waals surface area contributed by atoms with Crippen LogP contribution in [0.25, 0.3) is 5.95 Å². The topological polar surface area (TPSA) is 72.7 Å². The number of nitrogens with zero attached hydrogens (tertiary/aromatic N) is 4. The molecule has 1 aliphatic carbocycles. The number of aryl methyl sites for hydroxylation is 2. The summed E-state index contributed by atoms with van der Waals surface area (Å²) in [5, 5.41) is 7.72. The molecule has 0 bridgehead atoms. The van der Waals surface area contributed by atoms with E-state index in [0.29, 0.717) is 23.8 Å². The van der Waals surface area contributed by atoms with Crippen LogP contribution < -0.4 is 5.32 Å². The summed E-state index contributed by atoms with van der Waals surface area (Å²) in [7, 11) is 0. The van der Waals surface area contributed by atoms with E-state index < -0.39 is 0 Å². The van der Waals surface area contributed by atoms with Crippen molar-refractivity contribution < 1.29 is 4.79 Å². The molecule has 1 aliphatic rings. The van der Waals surface area contributed by atoms with Gasteiger partial charge in [0.1, 0.15) is 0 Å². The highest BCUT2D eigenvalue weighted by Gasteiger charge is 2.28. The van der Waals surface area contributed by atoms with Crippen LogP contribution in [0.2, 0.25) is 0 Å². The van der Waals surface area contributed by atoms with Crippen molar-refractivity contribution in [3.63, 3.8) is 0 Å². The van der Waals surface area contributed by atoms with Crippen molar-refractivity contribution in [2.24, 2.45) is 0 Å². The van der Waals surface area contributed by atoms with Gasteiger partial charge in [-0.25, -0.2) is 14.6 Å². The Kier molecular flexibility index (Phi) is 3.45. The summed E-state index contributed by atoms with van der Waals surface area (Å²) in [4.78, 5) is 21.1. The number of aromatic nitrogens is 4. The molecule has 110 valence electrons. The summed E-state index contributed by atoms with van der Waals surface area (Å²) in [6, 6.07) is 1.93. The molecule has 0 spiro atoms. The standard InChI is InChI=1S/C15H19N5O/c1-4-16-14-13-11(6-5-7-12(13)21)20(19-14)15-17-9(2)8-10(3)18-15/h8H,4-7H2,1-3H3,(H,16,19). The zero-order valence-electron chi connectivity index (χ0n) is 12.6. The second kappa shape index (κ2) is 5.27. The molecule has 2 heterocycles. The van der Waals surface area contributed by atoms with Crippen molar-refractivity contribution in [2.75, 3.05) is 11.9 Å². The molecule has 3 rings (SSSR count). The molecular weight excluding hydrogens is 266 g/mol. The Labute approximate surface area is 123 Å². The predicted octanol–water partition coefficient (Wildman–Crippen LogP) is 2.23. The number of anilines is 1. The third-order valence-electron chi connectivity index (χ3n) is 3.58. The van der Waals surface area contributed by atoms with Crippen LogP contribution in [-0.4, -0.2) is 32.1 Å². The van der Waals surface area contributed by atoms with E-state index in [2.05, 4.69) is 20.4 Å². The number of fused-ring (bicyclic) bond motifs is 1. The third-order valence-corrected chi connectivity index (χ3v) is 3.58. The first-order chi connectivity index (χ1) is 10.1. The Bertz CT molecular complexity index is 684. The molecule has 0 aliphatic heterocycles. The molecule has 0 saturated heterocycles. The number of hydrogen-bond donors (Lipinski definition) is 1. The van der Waals surface area contributed by atoms with Gasteiger partial charge >= 0.3 is 0 Å². The summed E-state index contributed by atoms with van der Waals surface area (Å²) in [5.41, 5.74) is 3.43. The summed E-state index contributed by atoms with van der Waals surface area (Å²) in [6.45, 7) is 6.59. The lowest BCUT2D eigenvalue weighted by atomic mass is 9.96. The number of carbonyl (C=O) groups is 1. The quantitative estimate of drug-likeness (QED) is 0.936. The number of nitrogens with one attached hydrogen (secondary N) is 1. The lowest BCUT2D eigenvalue weighted by Gasteiger charge is -2.13. The lowest BCUT2D eigenvalue weighted by molar-refractivity contribution is 0.0973. The molecule has 0 amide bonds. The Morgan fingerprint density at radius 2 is 1.95 bits per heavy atom. The van der Waals surface area contributed by atoms with E-state index in [9.17, 15) is 4.79 Å². The summed E-state index contributed by atoms with van der Waals surface area (Å²) >= 11 is 0. The molecule has 0 aromatic carbocycles. The van der Waals surface area contributed by atoms with E-state index in [1.54, 1.807) is 4.68 Å². The van der Waals surface area contributed by atoms with Crippen LogP contribution in [0.5, 0.6) is 0 Å². The SMILES string of the molecule is CCNc1nn(-c2nc(C)cc(C)n2)c2c1C(=O)CCC2. The van der Waals surface area contributed by atoms with Crippen LogP contribution >= 0.6 is 0 Å². The zero-order chi connectivity index (χ0) is 15.0. The maximum atomic E-state index is 12.2. The minimum Gasteiger partial charge on any atom is -0.368 e. The van der Waals surface area contributed by atoms with E-state index >= 15 is 0 Å². The maximum absolute atomic E-state index is 12.2. The van der Waals surface area contributed by atoms with Crippen LogP contribution in [0.1, 0.15) is 47.2 Å². The summed E-state index contributed by atoms with van der Waals surface area (Å²) < 4.78 is 1.73. The van der Waals surface area contributed by atoms with E-state index in [1.165, 1.54) is 0 Å². The van der Waals surface area contributed by atoms with Gasteiger partial charge < -0.3 is 5.32 Å². The van der Waals surface area contributed by atoms with Crippen molar-refractivity contribution in [2.45, 2.75) is 40.0 Å². The van der Waals surface area contributed by atoms with Crippen molar-refractivity contribution in [1.29, 1.82) is 0 Å². The molecule has 0 fully saturated rings. The molecule has 2 aromatic heterocycles. The largest absolute Gasteiger partial charge is 0.368 e. The van der Waals surface area contributed by atoms with E-state index in [1.807, 2.05) is 26.8 Å². The van der Waals surface area contributed by atoms with Crippen LogP contribution in [0.3, 0.4) is 0 Å². The van der Waals surface area contributed by atoms with E-state index in [4.69, 9.17) is 0 Å². The smallest absolute Gasteiger partial charge is 0.251 e. The highest BCUT2D eigenvalue weighted by Crippen LogP contribution is 2.29. The number of ketones is 1. The van der Waals surface area contributed by atoms with E-state index in [-0.39, 0.29) is 5.78 Å². The van der Waals surface area contributed by atoms with Crippen molar-refractivity contribution >= 4 is 11.6 Å². The van der Waals surface area contributed by atoms with Crippen LogP contribution in [0.15, 0.2) is 6.07 Å². The predicted molar refractivity (Wildman–Crippen MR) is 80.1 cm³/mol. The van der Waals surface area contributed by atoms with Gasteiger partial charge in [0.2, 0.25) is 0 Å². The molecular formula is C15H19N5O. The van der Waals surface area contributed by atoms with Crippen molar-refractivity contribution in [3.05, 3.63) is 28.7 Å². The van der Waals surface area contributed by atoms with Gasteiger partial charge in [-0.3, -0.25) is 4.79 Å². The second-order valence-electron chi connectivity index (χ2n) is 5.34. The van der Waals surface area contributed by atoms with Crippen molar-refractivity contribution in [1.82, 2.24) is 19.7 Å². The Balaban J connectivity index is 2.18. The fraction of sp³-hybridized carbons (Fsp3) is 0.467. The molecule has 0 unspecified atom stereocenters. The molecule has 21 heavy (non-hydrogen) atoms. The number of rotatable bonds is 3. The normalized spacial score (nSPS) is 14.1. The highest BCUT2D eigenvalue weighted by atomic mass is 16.1. The van der Waals surface area contributed by atoms with E-state index in [0.717, 1.165) is 36.5 Å². The Morgan fingerprint density at radius 1 is 1.24 bits per heavy atom. The van der Waals surface area contributed by atoms with Gasteiger partial charge in [0.05, 0.1) is 11.3 Å². The first kappa shape index (κ1) is 13.7. The first-order valence-corrected chi connectivity index (χ1v) is 7.31. The summed E-state index contributed by atoms with van der Waals surface area (Å²) in [6.07, 6.45) is 2.27. The first-order valence-electron chi connectivity index (χ1n) is 7.31. The van der Waals surface area contributed by atoms with Gasteiger partial charge in [-0.1, -0.05) is 0 Å². The fourth-order valence-corrected chi connectivity index (χ4v) is 2.78. The molecule has 0 saturated carbocycles. The van der Waals surface area contributed by atoms with Gasteiger partial charge in [-0.05, 0) is 39.7 Å². The minimum absolute atomic E-state index is 0.155. The van der Waals surface area contributed by atoms with Gasteiger partial charge in [-0.15, -0.1) is 5.10 Å². The Morgan fingerprint density at radius 3 is 2.62 bits per heavy atom. The average molecular weight is 285 g/mol. The lowest BCUT2D eigenvalue weighted by Crippen LogP contribution is -2.15. The van der Waals surface area contributed by atoms with Gasteiger partial charge in [0.25, 0.3) is 5.95 Å². The molecule has 0 atom stereocenters. The average Bonchev–Trinajstić information content (AvgIpc) is 2.78. The number of Topliss-reactive ketones (excluding diaryl/α,β-unsaturated/α-hetero) is 1. The van der Waals surface area contributed by atoms with Crippen LogP contribution in [0, 0.1) is 13.8 Å². The highest BCUT2D eigenvalue weighted by molar-refractivity contribution is 6.02. The maximum Gasteiger partial charge on any atom is 0.251 e. The zero-order valence-corrected chi connectivity index (χ0v) is 12.6. The van der Waals surface area contributed by atoms with Crippen molar-refractivity contribution in [3.8, 4) is 5.95 Å². The Hall–Kier alpha value is -2.24. The van der Waals surface area contributed by atoms with Gasteiger partial charge in [-0.2, -0.15) is 0 Å². The molecule has 0 radical (unpaired) electrons. The van der Waals surface area contributed by atoms with Crippen LogP contribution in [0.4, 0.5) is 5.82 Å². The molecule has 2 aromatic rings. The minimum atomic E-state index is 0.155. The van der Waals surface area contributed by atoms with Crippen LogP contribution in [-0.2, 0) is 6.42 Å². The fourth-order valence-electron chi connectivity index (χ4n) is 2.78. The third kappa shape index (κ3) is 2.41. The molecule has 6 nitrogen and oxygen atoms in total. The van der Waals surface area contributed by atoms with Gasteiger partial charge in [0, 0.05) is 24.4 Å². The second-order valence-corrected chi connectivity index (χ2v) is 5.34. The summed E-state index contributed by atoms with van der Waals surface area (Å²) in [5.74, 6) is 1.35. The number of hydrogen-bond acceptors (Lipinski definition) is 5. The molecule has 1 N–H and O–H groups in total. The molecule has 6 heteroatoms.